The minimum Gasteiger partial charge on any atom is -0.545 e. The van der Waals surface area contributed by atoms with E-state index in [1.807, 2.05) is 0 Å². The van der Waals surface area contributed by atoms with Crippen LogP contribution in [0.25, 0.3) is 0 Å². The number of rotatable bonds is 3. The highest BCUT2D eigenvalue weighted by molar-refractivity contribution is 5.86. The smallest absolute Gasteiger partial charge is 0.161 e. The molecule has 0 radical (unpaired) electrons. The first-order valence-electron chi connectivity index (χ1n) is 6.80. The molecule has 2 aromatic rings. The van der Waals surface area contributed by atoms with Crippen molar-refractivity contribution in [1.29, 1.82) is 0 Å². The van der Waals surface area contributed by atoms with Crippen molar-refractivity contribution >= 4 is 5.97 Å². The lowest BCUT2D eigenvalue weighted by atomic mass is 10.2. The van der Waals surface area contributed by atoms with Crippen LogP contribution in [0.3, 0.4) is 0 Å². The second kappa shape index (κ2) is 7.78. The van der Waals surface area contributed by atoms with Crippen molar-refractivity contribution in [3.8, 4) is 0 Å². The van der Waals surface area contributed by atoms with Crippen LogP contribution in [0.1, 0.15) is 15.9 Å². The average Bonchev–Trinajstić information content (AvgIpc) is 2.42. The molecule has 0 amide bonds. The first kappa shape index (κ1) is 18.7. The fourth-order valence-electron chi connectivity index (χ4n) is 1.81. The number of carboxylic acids is 1. The molecule has 0 heterocycles. The van der Waals surface area contributed by atoms with Crippen LogP contribution in [-0.4, -0.2) is 31.6 Å². The maximum atomic E-state index is 12.5. The molecule has 124 valence electrons. The largest absolute Gasteiger partial charge is 0.545 e. The van der Waals surface area contributed by atoms with Gasteiger partial charge in [-0.3, -0.25) is 0 Å². The first-order chi connectivity index (χ1) is 10.6. The molecule has 0 bridgehead atoms. The van der Waals surface area contributed by atoms with E-state index in [4.69, 9.17) is 0 Å². The molecule has 0 unspecified atom stereocenters. The molecular weight excluding hydrogens is 307 g/mol. The van der Waals surface area contributed by atoms with Crippen LogP contribution in [0, 0.1) is 17.5 Å². The van der Waals surface area contributed by atoms with Crippen LogP contribution in [-0.2, 0) is 6.54 Å². The lowest BCUT2D eigenvalue weighted by Gasteiger charge is -2.23. The monoisotopic (exact) mass is 325 g/mol. The Morgan fingerprint density at radius 3 is 1.96 bits per heavy atom. The summed E-state index contributed by atoms with van der Waals surface area (Å²) in [7, 11) is 6.60. The number of halogens is 3. The molecule has 0 aliphatic heterocycles. The predicted octanol–water partition coefficient (Wildman–Crippen LogP) is 2.36. The summed E-state index contributed by atoms with van der Waals surface area (Å²) in [6, 6.07) is 11.0. The van der Waals surface area contributed by atoms with Gasteiger partial charge in [0.25, 0.3) is 0 Å². The minimum atomic E-state index is -1.88. The van der Waals surface area contributed by atoms with Crippen molar-refractivity contribution in [2.45, 2.75) is 6.54 Å². The summed E-state index contributed by atoms with van der Waals surface area (Å²) in [5.41, 5.74) is 0.411. The van der Waals surface area contributed by atoms with E-state index in [1.165, 1.54) is 5.56 Å². The van der Waals surface area contributed by atoms with E-state index in [1.54, 1.807) is 0 Å². The number of nitrogens with zero attached hydrogens (tertiary/aromatic N) is 1. The maximum absolute atomic E-state index is 12.5. The fraction of sp³-hybridized carbons (Fsp3) is 0.235. The minimum absolute atomic E-state index is 0.153. The van der Waals surface area contributed by atoms with Crippen LogP contribution in [0.5, 0.6) is 0 Å². The van der Waals surface area contributed by atoms with E-state index in [9.17, 15) is 23.1 Å². The molecule has 0 aliphatic carbocycles. The Morgan fingerprint density at radius 2 is 1.48 bits per heavy atom. The van der Waals surface area contributed by atoms with Gasteiger partial charge in [0.1, 0.15) is 12.4 Å². The zero-order valence-electron chi connectivity index (χ0n) is 13.1. The van der Waals surface area contributed by atoms with E-state index in [0.717, 1.165) is 11.0 Å². The molecule has 6 heteroatoms. The molecule has 0 saturated heterocycles. The molecule has 0 fully saturated rings. The Hall–Kier alpha value is -2.34. The zero-order valence-corrected chi connectivity index (χ0v) is 13.1. The van der Waals surface area contributed by atoms with Gasteiger partial charge in [-0.1, -0.05) is 30.3 Å². The van der Waals surface area contributed by atoms with Crippen molar-refractivity contribution in [1.82, 2.24) is 0 Å². The van der Waals surface area contributed by atoms with Gasteiger partial charge in [0.05, 0.1) is 27.1 Å². The molecule has 3 nitrogen and oxygen atoms in total. The van der Waals surface area contributed by atoms with Gasteiger partial charge in [-0.15, -0.1) is 0 Å². The molecule has 0 saturated carbocycles. The Bertz CT molecular complexity index is 668. The Kier molecular flexibility index (Phi) is 6.33. The highest BCUT2D eigenvalue weighted by atomic mass is 19.2. The Labute approximate surface area is 133 Å². The third-order valence-electron chi connectivity index (χ3n) is 2.73. The van der Waals surface area contributed by atoms with Gasteiger partial charge in [0.2, 0.25) is 0 Å². The molecule has 2 aromatic carbocycles. The molecule has 23 heavy (non-hydrogen) atoms. The number of aromatic carboxylic acids is 1. The molecular formula is C17H18F3NO2. The molecule has 0 N–H and O–H groups in total. The summed E-state index contributed by atoms with van der Waals surface area (Å²) in [5, 5.41) is 10.0. The SMILES string of the molecule is C[N+](C)(C)Cc1ccccc1.O=C([O-])c1cc(F)c(F)cc1F. The van der Waals surface area contributed by atoms with Crippen LogP contribution in [0.4, 0.5) is 13.2 Å². The molecule has 2 rings (SSSR count). The molecule has 0 aliphatic rings. The number of quaternary nitrogens is 1. The number of hydrogen-bond acceptors (Lipinski definition) is 2. The van der Waals surface area contributed by atoms with Crippen LogP contribution in [0.15, 0.2) is 42.5 Å². The van der Waals surface area contributed by atoms with Crippen molar-refractivity contribution < 1.29 is 27.6 Å². The van der Waals surface area contributed by atoms with Gasteiger partial charge in [-0.25, -0.2) is 13.2 Å². The van der Waals surface area contributed by atoms with Gasteiger partial charge >= 0.3 is 0 Å². The lowest BCUT2D eigenvalue weighted by molar-refractivity contribution is -0.884. The quantitative estimate of drug-likeness (QED) is 0.642. The van der Waals surface area contributed by atoms with Crippen molar-refractivity contribution in [2.24, 2.45) is 0 Å². The summed E-state index contributed by atoms with van der Waals surface area (Å²) in [6.07, 6.45) is 0. The third kappa shape index (κ3) is 6.52. The topological polar surface area (TPSA) is 40.1 Å². The van der Waals surface area contributed by atoms with Gasteiger partial charge < -0.3 is 14.4 Å². The molecule has 0 aromatic heterocycles. The number of carboxylic acid groups (broad SMARTS) is 1. The summed E-state index contributed by atoms with van der Waals surface area (Å²) in [4.78, 5) is 10.0. The van der Waals surface area contributed by atoms with Crippen molar-refractivity contribution in [3.63, 3.8) is 0 Å². The maximum Gasteiger partial charge on any atom is 0.161 e. The lowest BCUT2D eigenvalue weighted by Crippen LogP contribution is -2.33. The van der Waals surface area contributed by atoms with E-state index < -0.39 is 29.0 Å². The first-order valence-corrected chi connectivity index (χ1v) is 6.80. The highest BCUT2D eigenvalue weighted by Gasteiger charge is 2.09. The summed E-state index contributed by atoms with van der Waals surface area (Å²) < 4.78 is 37.9. The number of benzene rings is 2. The second-order valence-corrected chi connectivity index (χ2v) is 5.97. The normalized spacial score (nSPS) is 10.7. The number of carbonyl (C=O) groups excluding carboxylic acids is 1. The van der Waals surface area contributed by atoms with Gasteiger partial charge in [-0.2, -0.15) is 0 Å². The average molecular weight is 325 g/mol. The Morgan fingerprint density at radius 1 is 0.957 bits per heavy atom. The van der Waals surface area contributed by atoms with Crippen LogP contribution in [0.2, 0.25) is 0 Å². The summed E-state index contributed by atoms with van der Waals surface area (Å²) >= 11 is 0. The van der Waals surface area contributed by atoms with Gasteiger partial charge in [0.15, 0.2) is 11.6 Å². The standard InChI is InChI=1S/C10H16N.C7H3F3O2/c1-11(2,3)9-10-7-5-4-6-8-10;8-4-2-6(10)5(9)1-3(4)7(11)12/h4-8H,9H2,1-3H3;1-2H,(H,11,12)/q+1;/p-1. The van der Waals surface area contributed by atoms with Crippen molar-refractivity contribution in [3.05, 3.63) is 71.0 Å². The van der Waals surface area contributed by atoms with E-state index in [-0.39, 0.29) is 12.1 Å². The second-order valence-electron chi connectivity index (χ2n) is 5.97. The van der Waals surface area contributed by atoms with Crippen molar-refractivity contribution in [2.75, 3.05) is 21.1 Å². The summed E-state index contributed by atoms with van der Waals surface area (Å²) in [6.45, 7) is 1.10. The van der Waals surface area contributed by atoms with Crippen LogP contribution < -0.4 is 5.11 Å². The Balaban J connectivity index is 0.000000231. The predicted molar refractivity (Wildman–Crippen MR) is 78.8 cm³/mol. The fourth-order valence-corrected chi connectivity index (χ4v) is 1.81. The third-order valence-corrected chi connectivity index (χ3v) is 2.73. The zero-order chi connectivity index (χ0) is 17.6. The molecule has 0 spiro atoms. The van der Waals surface area contributed by atoms with E-state index >= 15 is 0 Å². The van der Waals surface area contributed by atoms with E-state index in [0.29, 0.717) is 0 Å². The van der Waals surface area contributed by atoms with Gasteiger partial charge in [0, 0.05) is 17.2 Å². The van der Waals surface area contributed by atoms with E-state index in [2.05, 4.69) is 51.5 Å². The number of hydrogen-bond donors (Lipinski definition) is 0. The summed E-state index contributed by atoms with van der Waals surface area (Å²) in [5.74, 6) is -6.09. The van der Waals surface area contributed by atoms with Gasteiger partial charge in [-0.05, 0) is 6.07 Å². The number of carbonyl (C=O) groups is 1. The molecule has 0 atom stereocenters. The van der Waals surface area contributed by atoms with Crippen LogP contribution >= 0.6 is 0 Å². The highest BCUT2D eigenvalue weighted by Crippen LogP contribution is 2.12.